The van der Waals surface area contributed by atoms with Crippen molar-refractivity contribution in [1.29, 1.82) is 0 Å². The molecule has 2 heterocycles. The lowest BCUT2D eigenvalue weighted by atomic mass is 10.2. The van der Waals surface area contributed by atoms with Gasteiger partial charge in [0.1, 0.15) is 0 Å². The Morgan fingerprint density at radius 2 is 2.00 bits per heavy atom. The average Bonchev–Trinajstić information content (AvgIpc) is 2.85. The standard InChI is InChI=1S/C15H20N4O3/c1-10(2)16-14(20)19-7-5-18(6-8-19)11-3-4-13-12(9-11)17-15(21)22-13/h3-4,9-10H,5-8H2,1-2H3,(H,16,20)(H,17,21). The fourth-order valence-corrected chi connectivity index (χ4v) is 2.64. The number of benzene rings is 1. The molecule has 0 bridgehead atoms. The lowest BCUT2D eigenvalue weighted by Gasteiger charge is -2.36. The van der Waals surface area contributed by atoms with Crippen LogP contribution in [0.3, 0.4) is 0 Å². The van der Waals surface area contributed by atoms with Gasteiger partial charge in [0, 0.05) is 37.9 Å². The van der Waals surface area contributed by atoms with E-state index in [1.807, 2.05) is 30.9 Å². The first-order valence-electron chi connectivity index (χ1n) is 7.46. The summed E-state index contributed by atoms with van der Waals surface area (Å²) in [5.41, 5.74) is 2.28. The molecule has 1 saturated heterocycles. The molecule has 7 heteroatoms. The first-order valence-corrected chi connectivity index (χ1v) is 7.46. The van der Waals surface area contributed by atoms with Crippen LogP contribution in [-0.2, 0) is 0 Å². The summed E-state index contributed by atoms with van der Waals surface area (Å²) in [7, 11) is 0. The number of nitrogens with one attached hydrogen (secondary N) is 2. The zero-order valence-electron chi connectivity index (χ0n) is 12.8. The van der Waals surface area contributed by atoms with Crippen LogP contribution in [0, 0.1) is 0 Å². The summed E-state index contributed by atoms with van der Waals surface area (Å²) >= 11 is 0. The van der Waals surface area contributed by atoms with Gasteiger partial charge >= 0.3 is 11.8 Å². The Labute approximate surface area is 127 Å². The van der Waals surface area contributed by atoms with Crippen LogP contribution in [0.15, 0.2) is 27.4 Å². The van der Waals surface area contributed by atoms with Gasteiger partial charge in [-0.15, -0.1) is 0 Å². The molecule has 0 spiro atoms. The third kappa shape index (κ3) is 2.93. The zero-order valence-corrected chi connectivity index (χ0v) is 12.8. The van der Waals surface area contributed by atoms with E-state index in [-0.39, 0.29) is 12.1 Å². The van der Waals surface area contributed by atoms with E-state index in [1.54, 1.807) is 6.07 Å². The first-order chi connectivity index (χ1) is 10.5. The largest absolute Gasteiger partial charge is 0.417 e. The van der Waals surface area contributed by atoms with E-state index in [1.165, 1.54) is 0 Å². The van der Waals surface area contributed by atoms with Gasteiger partial charge in [-0.25, -0.2) is 9.59 Å². The van der Waals surface area contributed by atoms with Crippen molar-refractivity contribution < 1.29 is 9.21 Å². The molecule has 0 saturated carbocycles. The maximum absolute atomic E-state index is 12.0. The van der Waals surface area contributed by atoms with E-state index in [9.17, 15) is 9.59 Å². The number of hydrogen-bond donors (Lipinski definition) is 2. The van der Waals surface area contributed by atoms with Gasteiger partial charge in [0.25, 0.3) is 0 Å². The molecule has 118 valence electrons. The Bertz CT molecular complexity index is 726. The van der Waals surface area contributed by atoms with Crippen molar-refractivity contribution in [2.45, 2.75) is 19.9 Å². The Hall–Kier alpha value is -2.44. The van der Waals surface area contributed by atoms with Crippen LogP contribution in [0.1, 0.15) is 13.8 Å². The van der Waals surface area contributed by atoms with Crippen molar-refractivity contribution in [2.24, 2.45) is 0 Å². The molecular weight excluding hydrogens is 284 g/mol. The Morgan fingerprint density at radius 3 is 2.68 bits per heavy atom. The number of urea groups is 1. The number of fused-ring (bicyclic) bond motifs is 1. The van der Waals surface area contributed by atoms with E-state index in [0.717, 1.165) is 18.8 Å². The number of carbonyl (C=O) groups excluding carboxylic acids is 1. The lowest BCUT2D eigenvalue weighted by molar-refractivity contribution is 0.192. The highest BCUT2D eigenvalue weighted by Crippen LogP contribution is 2.21. The number of piperazine rings is 1. The van der Waals surface area contributed by atoms with Gasteiger partial charge < -0.3 is 19.5 Å². The zero-order chi connectivity index (χ0) is 15.7. The molecule has 2 amide bonds. The summed E-state index contributed by atoms with van der Waals surface area (Å²) in [6.45, 7) is 6.79. The third-order valence-corrected chi connectivity index (χ3v) is 3.75. The predicted octanol–water partition coefficient (Wildman–Crippen LogP) is 1.36. The molecule has 1 aliphatic rings. The normalized spacial score (nSPS) is 15.6. The van der Waals surface area contributed by atoms with Crippen molar-refractivity contribution in [3.8, 4) is 0 Å². The van der Waals surface area contributed by atoms with Crippen LogP contribution < -0.4 is 16.0 Å². The molecule has 22 heavy (non-hydrogen) atoms. The number of H-pyrrole nitrogens is 1. The van der Waals surface area contributed by atoms with E-state index in [2.05, 4.69) is 15.2 Å². The smallest absolute Gasteiger partial charge is 0.408 e. The molecule has 7 nitrogen and oxygen atoms in total. The SMILES string of the molecule is CC(C)NC(=O)N1CCN(c2ccc3oc(=O)[nH]c3c2)CC1. The summed E-state index contributed by atoms with van der Waals surface area (Å²) in [6, 6.07) is 5.77. The molecule has 1 aromatic carbocycles. The molecule has 0 unspecified atom stereocenters. The van der Waals surface area contributed by atoms with Gasteiger partial charge in [0.2, 0.25) is 0 Å². The highest BCUT2D eigenvalue weighted by atomic mass is 16.4. The summed E-state index contributed by atoms with van der Waals surface area (Å²) < 4.78 is 5.00. The maximum atomic E-state index is 12.0. The number of hydrogen-bond acceptors (Lipinski definition) is 4. The summed E-state index contributed by atoms with van der Waals surface area (Å²) in [5.74, 6) is -0.442. The van der Waals surface area contributed by atoms with Gasteiger partial charge in [0.15, 0.2) is 5.58 Å². The minimum atomic E-state index is -0.442. The Morgan fingerprint density at radius 1 is 1.27 bits per heavy atom. The number of carbonyl (C=O) groups is 1. The topological polar surface area (TPSA) is 81.6 Å². The molecular formula is C15H20N4O3. The fraction of sp³-hybridized carbons (Fsp3) is 0.467. The molecule has 1 fully saturated rings. The van der Waals surface area contributed by atoms with E-state index < -0.39 is 5.76 Å². The third-order valence-electron chi connectivity index (χ3n) is 3.75. The molecule has 0 aliphatic carbocycles. The Kier molecular flexibility index (Phi) is 3.79. The van der Waals surface area contributed by atoms with Crippen molar-refractivity contribution in [3.05, 3.63) is 28.7 Å². The number of anilines is 1. The van der Waals surface area contributed by atoms with Crippen molar-refractivity contribution in [3.63, 3.8) is 0 Å². The molecule has 2 aromatic rings. The number of nitrogens with zero attached hydrogens (tertiary/aromatic N) is 2. The molecule has 2 N–H and O–H groups in total. The van der Waals surface area contributed by atoms with E-state index >= 15 is 0 Å². The number of aromatic amines is 1. The van der Waals surface area contributed by atoms with Crippen LogP contribution in [0.4, 0.5) is 10.5 Å². The molecule has 0 atom stereocenters. The van der Waals surface area contributed by atoms with Crippen LogP contribution >= 0.6 is 0 Å². The van der Waals surface area contributed by atoms with Gasteiger partial charge in [-0.1, -0.05) is 0 Å². The Balaban J connectivity index is 1.67. The minimum Gasteiger partial charge on any atom is -0.408 e. The summed E-state index contributed by atoms with van der Waals surface area (Å²) in [4.78, 5) is 29.9. The van der Waals surface area contributed by atoms with Crippen LogP contribution in [-0.4, -0.2) is 48.1 Å². The van der Waals surface area contributed by atoms with E-state index in [4.69, 9.17) is 4.42 Å². The van der Waals surface area contributed by atoms with Gasteiger partial charge in [-0.3, -0.25) is 4.98 Å². The highest BCUT2D eigenvalue weighted by Gasteiger charge is 2.21. The van der Waals surface area contributed by atoms with Gasteiger partial charge in [-0.05, 0) is 32.0 Å². The minimum absolute atomic E-state index is 0.00994. The molecule has 3 rings (SSSR count). The summed E-state index contributed by atoms with van der Waals surface area (Å²) in [6.07, 6.45) is 0. The summed E-state index contributed by atoms with van der Waals surface area (Å²) in [5, 5.41) is 2.91. The maximum Gasteiger partial charge on any atom is 0.417 e. The van der Waals surface area contributed by atoms with E-state index in [0.29, 0.717) is 24.2 Å². The number of amides is 2. The average molecular weight is 304 g/mol. The molecule has 1 aromatic heterocycles. The number of aromatic nitrogens is 1. The quantitative estimate of drug-likeness (QED) is 0.878. The second-order valence-corrected chi connectivity index (χ2v) is 5.77. The molecule has 0 radical (unpaired) electrons. The monoisotopic (exact) mass is 304 g/mol. The van der Waals surface area contributed by atoms with Gasteiger partial charge in [-0.2, -0.15) is 0 Å². The highest BCUT2D eigenvalue weighted by molar-refractivity contribution is 5.78. The molecule has 1 aliphatic heterocycles. The first kappa shape index (κ1) is 14.5. The number of rotatable bonds is 2. The number of oxazole rings is 1. The van der Waals surface area contributed by atoms with Gasteiger partial charge in [0.05, 0.1) is 5.52 Å². The van der Waals surface area contributed by atoms with Crippen LogP contribution in [0.25, 0.3) is 11.1 Å². The van der Waals surface area contributed by atoms with Crippen molar-refractivity contribution in [2.75, 3.05) is 31.1 Å². The van der Waals surface area contributed by atoms with Crippen LogP contribution in [0.5, 0.6) is 0 Å². The lowest BCUT2D eigenvalue weighted by Crippen LogP contribution is -2.52. The fourth-order valence-electron chi connectivity index (χ4n) is 2.64. The second-order valence-electron chi connectivity index (χ2n) is 5.77. The van der Waals surface area contributed by atoms with Crippen molar-refractivity contribution >= 4 is 22.8 Å². The second kappa shape index (κ2) is 5.75. The van der Waals surface area contributed by atoms with Crippen LogP contribution in [0.2, 0.25) is 0 Å². The predicted molar refractivity (Wildman–Crippen MR) is 84.3 cm³/mol. The van der Waals surface area contributed by atoms with Crippen molar-refractivity contribution in [1.82, 2.24) is 15.2 Å².